The summed E-state index contributed by atoms with van der Waals surface area (Å²) in [6, 6.07) is 1.76. The lowest BCUT2D eigenvalue weighted by atomic mass is 10.0. The summed E-state index contributed by atoms with van der Waals surface area (Å²) >= 11 is 0. The average molecular weight is 180 g/mol. The van der Waals surface area contributed by atoms with E-state index >= 15 is 0 Å². The molecule has 13 heavy (non-hydrogen) atoms. The van der Waals surface area contributed by atoms with Crippen molar-refractivity contribution in [3.63, 3.8) is 0 Å². The van der Waals surface area contributed by atoms with Crippen LogP contribution in [0.5, 0.6) is 0 Å². The molecule has 0 atom stereocenters. The highest BCUT2D eigenvalue weighted by molar-refractivity contribution is 5.94. The first-order valence-electron chi connectivity index (χ1n) is 4.34. The van der Waals surface area contributed by atoms with Gasteiger partial charge in [0.15, 0.2) is 0 Å². The van der Waals surface area contributed by atoms with E-state index in [0.29, 0.717) is 18.7 Å². The van der Waals surface area contributed by atoms with Crippen LogP contribution in [0.3, 0.4) is 0 Å². The minimum Gasteiger partial charge on any atom is -0.396 e. The number of aliphatic hydroxyl groups is 1. The van der Waals surface area contributed by atoms with Crippen molar-refractivity contribution in [1.29, 1.82) is 0 Å². The molecule has 0 aromatic carbocycles. The maximum absolute atomic E-state index is 11.6. The van der Waals surface area contributed by atoms with Gasteiger partial charge in [-0.15, -0.1) is 0 Å². The van der Waals surface area contributed by atoms with Gasteiger partial charge in [0.05, 0.1) is 5.56 Å². The van der Waals surface area contributed by atoms with E-state index in [2.05, 4.69) is 4.98 Å². The predicted octanol–water partition coefficient (Wildman–Crippen LogP) is 0.0790. The number of hydrogen-bond acceptors (Lipinski definition) is 2. The quantitative estimate of drug-likeness (QED) is 0.677. The zero-order valence-corrected chi connectivity index (χ0v) is 7.23. The van der Waals surface area contributed by atoms with Crippen molar-refractivity contribution in [2.45, 2.75) is 0 Å². The van der Waals surface area contributed by atoms with Gasteiger partial charge >= 0.3 is 0 Å². The van der Waals surface area contributed by atoms with Crippen molar-refractivity contribution >= 4 is 5.91 Å². The number of aromatic amines is 1. The molecule has 0 saturated carbocycles. The Hall–Kier alpha value is -1.29. The first-order valence-corrected chi connectivity index (χ1v) is 4.34. The Morgan fingerprint density at radius 2 is 2.46 bits per heavy atom. The largest absolute Gasteiger partial charge is 0.396 e. The SMILES string of the molecule is O=C(c1cc[nH]c1)N1CC(CO)C1. The van der Waals surface area contributed by atoms with Crippen LogP contribution < -0.4 is 0 Å². The molecule has 2 heterocycles. The van der Waals surface area contributed by atoms with Gasteiger partial charge in [-0.05, 0) is 6.07 Å². The Morgan fingerprint density at radius 1 is 1.69 bits per heavy atom. The fourth-order valence-corrected chi connectivity index (χ4v) is 1.49. The van der Waals surface area contributed by atoms with Gasteiger partial charge in [-0.1, -0.05) is 0 Å². The average Bonchev–Trinajstić information content (AvgIpc) is 2.53. The number of aromatic nitrogens is 1. The third kappa shape index (κ3) is 1.45. The van der Waals surface area contributed by atoms with Crippen LogP contribution in [0.25, 0.3) is 0 Å². The zero-order chi connectivity index (χ0) is 9.26. The summed E-state index contributed by atoms with van der Waals surface area (Å²) in [5.74, 6) is 0.328. The van der Waals surface area contributed by atoms with Crippen LogP contribution in [0, 0.1) is 5.92 Å². The predicted molar refractivity (Wildman–Crippen MR) is 47.3 cm³/mol. The number of hydrogen-bond donors (Lipinski definition) is 2. The molecule has 1 aliphatic rings. The zero-order valence-electron chi connectivity index (χ0n) is 7.23. The number of nitrogens with one attached hydrogen (secondary N) is 1. The summed E-state index contributed by atoms with van der Waals surface area (Å²) in [5.41, 5.74) is 0.691. The van der Waals surface area contributed by atoms with Gasteiger partial charge in [0.25, 0.3) is 5.91 Å². The third-order valence-corrected chi connectivity index (χ3v) is 2.35. The fraction of sp³-hybridized carbons (Fsp3) is 0.444. The third-order valence-electron chi connectivity index (χ3n) is 2.35. The van der Waals surface area contributed by atoms with Crippen molar-refractivity contribution in [3.05, 3.63) is 24.0 Å². The summed E-state index contributed by atoms with van der Waals surface area (Å²) < 4.78 is 0. The molecule has 0 aliphatic carbocycles. The summed E-state index contributed by atoms with van der Waals surface area (Å²) in [6.45, 7) is 1.54. The second-order valence-electron chi connectivity index (χ2n) is 3.36. The number of carbonyl (C=O) groups is 1. The van der Waals surface area contributed by atoms with Gasteiger partial charge in [-0.3, -0.25) is 4.79 Å². The number of nitrogens with zero attached hydrogens (tertiary/aromatic N) is 1. The van der Waals surface area contributed by atoms with Gasteiger partial charge in [0.1, 0.15) is 0 Å². The monoisotopic (exact) mass is 180 g/mol. The van der Waals surface area contributed by atoms with E-state index in [-0.39, 0.29) is 18.4 Å². The molecule has 2 N–H and O–H groups in total. The lowest BCUT2D eigenvalue weighted by molar-refractivity contribution is 0.0362. The van der Waals surface area contributed by atoms with Gasteiger partial charge in [-0.2, -0.15) is 0 Å². The van der Waals surface area contributed by atoms with Crippen molar-refractivity contribution in [2.75, 3.05) is 19.7 Å². The summed E-state index contributed by atoms with van der Waals surface area (Å²) in [6.07, 6.45) is 3.42. The molecule has 1 aromatic rings. The van der Waals surface area contributed by atoms with Gasteiger partial charge in [0.2, 0.25) is 0 Å². The van der Waals surface area contributed by atoms with Crippen LogP contribution in [0.15, 0.2) is 18.5 Å². The highest BCUT2D eigenvalue weighted by atomic mass is 16.3. The van der Waals surface area contributed by atoms with Crippen LogP contribution in [0.2, 0.25) is 0 Å². The molecule has 0 spiro atoms. The Balaban J connectivity index is 1.94. The molecule has 1 aliphatic heterocycles. The molecular formula is C9H12N2O2. The number of likely N-dealkylation sites (tertiary alicyclic amines) is 1. The Kier molecular flexibility index (Phi) is 2.06. The van der Waals surface area contributed by atoms with Crippen LogP contribution in [-0.2, 0) is 0 Å². The number of carbonyl (C=O) groups excluding carboxylic acids is 1. The van der Waals surface area contributed by atoms with E-state index in [9.17, 15) is 4.79 Å². The van der Waals surface area contributed by atoms with Crippen LogP contribution >= 0.6 is 0 Å². The smallest absolute Gasteiger partial charge is 0.255 e. The summed E-state index contributed by atoms with van der Waals surface area (Å²) in [5, 5.41) is 8.77. The molecule has 1 amide bonds. The standard InChI is InChI=1S/C9H12N2O2/c12-6-7-4-11(5-7)9(13)8-1-2-10-3-8/h1-3,7,10,12H,4-6H2. The van der Waals surface area contributed by atoms with Crippen molar-refractivity contribution in [1.82, 2.24) is 9.88 Å². The molecule has 0 unspecified atom stereocenters. The Morgan fingerprint density at radius 3 is 3.00 bits per heavy atom. The number of H-pyrrole nitrogens is 1. The topological polar surface area (TPSA) is 56.3 Å². The lowest BCUT2D eigenvalue weighted by Crippen LogP contribution is -2.51. The van der Waals surface area contributed by atoms with E-state index in [1.54, 1.807) is 23.4 Å². The van der Waals surface area contributed by atoms with Crippen LogP contribution in [0.1, 0.15) is 10.4 Å². The normalized spacial score (nSPS) is 17.2. The van der Waals surface area contributed by atoms with E-state index in [1.807, 2.05) is 0 Å². The molecule has 4 nitrogen and oxygen atoms in total. The van der Waals surface area contributed by atoms with Crippen molar-refractivity contribution in [3.8, 4) is 0 Å². The van der Waals surface area contributed by atoms with Crippen molar-refractivity contribution in [2.24, 2.45) is 5.92 Å². The molecule has 2 rings (SSSR count). The second-order valence-corrected chi connectivity index (χ2v) is 3.36. The molecule has 4 heteroatoms. The van der Waals surface area contributed by atoms with Gasteiger partial charge in [0, 0.05) is 38.0 Å². The first kappa shape index (κ1) is 8.31. The minimum atomic E-state index is 0.0472. The highest BCUT2D eigenvalue weighted by Gasteiger charge is 2.30. The van der Waals surface area contributed by atoms with Gasteiger partial charge < -0.3 is 15.0 Å². The summed E-state index contributed by atoms with van der Waals surface area (Å²) in [4.78, 5) is 16.2. The number of amides is 1. The van der Waals surface area contributed by atoms with Gasteiger partial charge in [-0.25, -0.2) is 0 Å². The van der Waals surface area contributed by atoms with Crippen LogP contribution in [-0.4, -0.2) is 40.6 Å². The molecule has 0 radical (unpaired) electrons. The first-order chi connectivity index (χ1) is 6.31. The van der Waals surface area contributed by atoms with E-state index in [1.165, 1.54) is 0 Å². The molecule has 0 bridgehead atoms. The summed E-state index contributed by atoms with van der Waals surface area (Å²) in [7, 11) is 0. The van der Waals surface area contributed by atoms with Crippen LogP contribution in [0.4, 0.5) is 0 Å². The molecule has 70 valence electrons. The molecular weight excluding hydrogens is 168 g/mol. The van der Waals surface area contributed by atoms with E-state index < -0.39 is 0 Å². The maximum Gasteiger partial charge on any atom is 0.255 e. The maximum atomic E-state index is 11.6. The number of rotatable bonds is 2. The van der Waals surface area contributed by atoms with Crippen molar-refractivity contribution < 1.29 is 9.90 Å². The minimum absolute atomic E-state index is 0.0472. The van der Waals surface area contributed by atoms with E-state index in [4.69, 9.17) is 5.11 Å². The Labute approximate surface area is 76.2 Å². The lowest BCUT2D eigenvalue weighted by Gasteiger charge is -2.38. The second kappa shape index (κ2) is 3.22. The van der Waals surface area contributed by atoms with E-state index in [0.717, 1.165) is 0 Å². The molecule has 1 saturated heterocycles. The Bertz CT molecular complexity index is 289. The molecule has 1 aromatic heterocycles. The molecule has 1 fully saturated rings. The fourth-order valence-electron chi connectivity index (χ4n) is 1.49. The highest BCUT2D eigenvalue weighted by Crippen LogP contribution is 2.17. The number of aliphatic hydroxyl groups excluding tert-OH is 1.